The maximum absolute atomic E-state index is 12.5. The first kappa shape index (κ1) is 14.1. The zero-order valence-corrected chi connectivity index (χ0v) is 12.2. The number of nitrogens with one attached hydrogen (secondary N) is 2. The van der Waals surface area contributed by atoms with Crippen LogP contribution in [0.15, 0.2) is 46.0 Å². The molecule has 2 aromatic heterocycles. The van der Waals surface area contributed by atoms with Crippen LogP contribution >= 0.6 is 0 Å². The summed E-state index contributed by atoms with van der Waals surface area (Å²) in [7, 11) is 0. The quantitative estimate of drug-likeness (QED) is 0.663. The van der Waals surface area contributed by atoms with E-state index in [-0.39, 0.29) is 28.8 Å². The predicted molar refractivity (Wildman–Crippen MR) is 83.6 cm³/mol. The third-order valence-electron chi connectivity index (χ3n) is 3.83. The van der Waals surface area contributed by atoms with Crippen LogP contribution in [0.25, 0.3) is 11.0 Å². The lowest BCUT2D eigenvalue weighted by Crippen LogP contribution is -2.29. The van der Waals surface area contributed by atoms with Crippen LogP contribution < -0.4 is 11.2 Å². The summed E-state index contributed by atoms with van der Waals surface area (Å²) in [5, 5.41) is 0.0519. The van der Waals surface area contributed by atoms with E-state index in [1.54, 1.807) is 12.1 Å². The van der Waals surface area contributed by atoms with Crippen LogP contribution in [0.4, 0.5) is 0 Å². The van der Waals surface area contributed by atoms with Crippen LogP contribution in [-0.4, -0.2) is 31.7 Å². The van der Waals surface area contributed by atoms with Crippen molar-refractivity contribution >= 4 is 22.8 Å². The Kier molecular flexibility index (Phi) is 2.92. The van der Waals surface area contributed by atoms with Gasteiger partial charge in [0, 0.05) is 0 Å². The summed E-state index contributed by atoms with van der Waals surface area (Å²) in [5.41, 5.74) is -0.623. The van der Waals surface area contributed by atoms with Gasteiger partial charge in [-0.1, -0.05) is 30.3 Å². The molecule has 1 aromatic carbocycles. The van der Waals surface area contributed by atoms with E-state index in [1.165, 1.54) is 6.07 Å². The summed E-state index contributed by atoms with van der Waals surface area (Å²) in [4.78, 5) is 57.7. The van der Waals surface area contributed by atoms with Crippen molar-refractivity contribution in [3.8, 4) is 0 Å². The van der Waals surface area contributed by atoms with Crippen molar-refractivity contribution in [3.63, 3.8) is 0 Å². The number of hydrogen-bond acceptors (Lipinski definition) is 5. The van der Waals surface area contributed by atoms with Crippen LogP contribution in [0.5, 0.6) is 0 Å². The van der Waals surface area contributed by atoms with Crippen molar-refractivity contribution in [1.29, 1.82) is 0 Å². The standard InChI is InChI=1S/C16H10N4O4/c21-13-10-6-9-11(17-12(10)18-16(24)19-13)15(23)20(14(9)22)7-8-4-2-1-3-5-8/h1-6H,7H2,(H2,17,18,19,21,24). The number of nitrogens with zero attached hydrogens (tertiary/aromatic N) is 2. The normalized spacial score (nSPS) is 13.6. The van der Waals surface area contributed by atoms with Gasteiger partial charge >= 0.3 is 5.69 Å². The lowest BCUT2D eigenvalue weighted by Gasteiger charge is -2.13. The second-order valence-electron chi connectivity index (χ2n) is 5.37. The number of rotatable bonds is 2. The van der Waals surface area contributed by atoms with Gasteiger partial charge in [-0.05, 0) is 11.6 Å². The summed E-state index contributed by atoms with van der Waals surface area (Å²) < 4.78 is 0. The highest BCUT2D eigenvalue weighted by molar-refractivity contribution is 6.21. The minimum absolute atomic E-state index is 0.0230. The molecular weight excluding hydrogens is 312 g/mol. The number of aromatic nitrogens is 3. The molecule has 8 nitrogen and oxygen atoms in total. The van der Waals surface area contributed by atoms with E-state index in [9.17, 15) is 19.2 Å². The predicted octanol–water partition coefficient (Wildman–Crippen LogP) is 0.408. The van der Waals surface area contributed by atoms with E-state index < -0.39 is 23.1 Å². The van der Waals surface area contributed by atoms with Crippen molar-refractivity contribution in [2.75, 3.05) is 0 Å². The number of hydrogen-bond donors (Lipinski definition) is 2. The monoisotopic (exact) mass is 322 g/mol. The molecule has 0 fully saturated rings. The topological polar surface area (TPSA) is 116 Å². The Morgan fingerprint density at radius 3 is 2.46 bits per heavy atom. The van der Waals surface area contributed by atoms with Gasteiger partial charge in [0.1, 0.15) is 11.3 Å². The Morgan fingerprint density at radius 1 is 0.958 bits per heavy atom. The molecule has 1 aliphatic heterocycles. The number of carbonyl (C=O) groups is 2. The van der Waals surface area contributed by atoms with E-state index in [0.717, 1.165) is 10.5 Å². The van der Waals surface area contributed by atoms with Crippen molar-refractivity contribution in [3.05, 3.63) is 74.1 Å². The molecule has 3 heterocycles. The van der Waals surface area contributed by atoms with Crippen molar-refractivity contribution in [2.24, 2.45) is 0 Å². The highest BCUT2D eigenvalue weighted by Gasteiger charge is 2.37. The largest absolute Gasteiger partial charge is 0.327 e. The lowest BCUT2D eigenvalue weighted by atomic mass is 10.2. The fourth-order valence-corrected chi connectivity index (χ4v) is 2.69. The molecule has 0 atom stereocenters. The number of aromatic amines is 2. The number of fused-ring (bicyclic) bond motifs is 2. The summed E-state index contributed by atoms with van der Waals surface area (Å²) >= 11 is 0. The van der Waals surface area contributed by atoms with Gasteiger partial charge in [-0.25, -0.2) is 9.78 Å². The molecular formula is C16H10N4O4. The zero-order valence-electron chi connectivity index (χ0n) is 12.2. The highest BCUT2D eigenvalue weighted by atomic mass is 16.2. The molecule has 0 saturated heterocycles. The molecule has 2 N–H and O–H groups in total. The van der Waals surface area contributed by atoms with Crippen LogP contribution in [0.2, 0.25) is 0 Å². The minimum Gasteiger partial charge on any atom is -0.291 e. The van der Waals surface area contributed by atoms with Gasteiger partial charge < -0.3 is 0 Å². The molecule has 24 heavy (non-hydrogen) atoms. The first-order valence-corrected chi connectivity index (χ1v) is 7.12. The van der Waals surface area contributed by atoms with Crippen LogP contribution in [0.1, 0.15) is 26.4 Å². The highest BCUT2D eigenvalue weighted by Crippen LogP contribution is 2.24. The van der Waals surface area contributed by atoms with Gasteiger partial charge in [0.2, 0.25) is 0 Å². The molecule has 4 rings (SSSR count). The Labute approximate surface area is 133 Å². The third kappa shape index (κ3) is 2.04. The van der Waals surface area contributed by atoms with Crippen LogP contribution in [-0.2, 0) is 6.54 Å². The fourth-order valence-electron chi connectivity index (χ4n) is 2.69. The minimum atomic E-state index is -0.724. The SMILES string of the molecule is O=C1c2cc3c(=O)[nH]c(=O)[nH]c3nc2C(=O)N1Cc1ccccc1. The molecule has 0 spiro atoms. The Bertz CT molecular complexity index is 1110. The first-order valence-electron chi connectivity index (χ1n) is 7.12. The average Bonchev–Trinajstić information content (AvgIpc) is 2.79. The van der Waals surface area contributed by atoms with Gasteiger partial charge in [0.15, 0.2) is 0 Å². The van der Waals surface area contributed by atoms with E-state index in [0.29, 0.717) is 0 Å². The van der Waals surface area contributed by atoms with E-state index in [1.807, 2.05) is 18.2 Å². The number of benzene rings is 1. The number of amides is 2. The van der Waals surface area contributed by atoms with Gasteiger partial charge in [0.05, 0.1) is 17.5 Å². The third-order valence-corrected chi connectivity index (χ3v) is 3.83. The summed E-state index contributed by atoms with van der Waals surface area (Å²) in [6, 6.07) is 10.3. The second-order valence-corrected chi connectivity index (χ2v) is 5.37. The maximum Gasteiger partial charge on any atom is 0.327 e. The Hall–Kier alpha value is -3.55. The second kappa shape index (κ2) is 4.98. The number of pyridine rings is 1. The van der Waals surface area contributed by atoms with Crippen LogP contribution in [0, 0.1) is 0 Å². The fraction of sp³-hybridized carbons (Fsp3) is 0.0625. The number of H-pyrrole nitrogens is 2. The molecule has 3 aromatic rings. The number of carbonyl (C=O) groups excluding carboxylic acids is 2. The maximum atomic E-state index is 12.5. The van der Waals surface area contributed by atoms with Gasteiger partial charge in [-0.2, -0.15) is 0 Å². The van der Waals surface area contributed by atoms with Crippen molar-refractivity contribution in [1.82, 2.24) is 19.9 Å². The molecule has 118 valence electrons. The summed E-state index contributed by atoms with van der Waals surface area (Å²) in [6.45, 7) is 0.109. The smallest absolute Gasteiger partial charge is 0.291 e. The van der Waals surface area contributed by atoms with E-state index in [2.05, 4.69) is 15.0 Å². The van der Waals surface area contributed by atoms with Crippen molar-refractivity contribution < 1.29 is 9.59 Å². The molecule has 2 amide bonds. The molecule has 0 unspecified atom stereocenters. The van der Waals surface area contributed by atoms with Gasteiger partial charge in [-0.15, -0.1) is 0 Å². The molecule has 8 heteroatoms. The average molecular weight is 322 g/mol. The lowest BCUT2D eigenvalue weighted by molar-refractivity contribution is 0.0640. The zero-order chi connectivity index (χ0) is 16.8. The number of imide groups is 1. The molecule has 0 aliphatic carbocycles. The van der Waals surface area contributed by atoms with Crippen LogP contribution in [0.3, 0.4) is 0 Å². The van der Waals surface area contributed by atoms with Gasteiger partial charge in [-0.3, -0.25) is 29.3 Å². The van der Waals surface area contributed by atoms with Gasteiger partial charge in [0.25, 0.3) is 17.4 Å². The van der Waals surface area contributed by atoms with Crippen molar-refractivity contribution in [2.45, 2.75) is 6.54 Å². The Balaban J connectivity index is 1.84. The van der Waals surface area contributed by atoms with E-state index in [4.69, 9.17) is 0 Å². The molecule has 0 saturated carbocycles. The molecule has 0 radical (unpaired) electrons. The molecule has 0 bridgehead atoms. The summed E-state index contributed by atoms with van der Waals surface area (Å²) in [6.07, 6.45) is 0. The Morgan fingerprint density at radius 2 is 1.71 bits per heavy atom. The summed E-state index contributed by atoms with van der Waals surface area (Å²) in [5.74, 6) is -1.07. The first-order chi connectivity index (χ1) is 11.5. The molecule has 1 aliphatic rings. The van der Waals surface area contributed by atoms with E-state index >= 15 is 0 Å².